The molecule has 0 radical (unpaired) electrons. The molecule has 0 aromatic heterocycles. The van der Waals surface area contributed by atoms with Crippen molar-refractivity contribution >= 4 is 11.9 Å². The maximum Gasteiger partial charge on any atom is 0.305 e. The monoisotopic (exact) mass is 341 g/mol. The van der Waals surface area contributed by atoms with Crippen molar-refractivity contribution < 1.29 is 28.2 Å². The number of carboxylic acid groups (broad SMARTS) is 1. The number of nitrogens with zero attached hydrogens (tertiary/aromatic N) is 1. The third-order valence-corrected chi connectivity index (χ3v) is 4.47. The van der Waals surface area contributed by atoms with Gasteiger partial charge in [0.1, 0.15) is 11.6 Å². The van der Waals surface area contributed by atoms with Gasteiger partial charge in [-0.2, -0.15) is 0 Å². The van der Waals surface area contributed by atoms with E-state index >= 15 is 0 Å². The highest BCUT2D eigenvalue weighted by Crippen LogP contribution is 2.38. The van der Waals surface area contributed by atoms with Gasteiger partial charge in [0.2, 0.25) is 5.91 Å². The Morgan fingerprint density at radius 3 is 2.50 bits per heavy atom. The molecule has 1 aromatic carbocycles. The number of halogens is 2. The molecule has 0 unspecified atom stereocenters. The molecule has 0 spiro atoms. The fourth-order valence-electron chi connectivity index (χ4n) is 3.13. The molecule has 5 nitrogen and oxygen atoms in total. The molecule has 1 aliphatic rings. The Morgan fingerprint density at radius 1 is 1.29 bits per heavy atom. The first-order valence-corrected chi connectivity index (χ1v) is 7.95. The molecule has 0 atom stereocenters. The van der Waals surface area contributed by atoms with Crippen molar-refractivity contribution in [2.75, 3.05) is 26.3 Å². The lowest BCUT2D eigenvalue weighted by Crippen LogP contribution is -2.50. The highest BCUT2D eigenvalue weighted by atomic mass is 19.1. The molecule has 1 aliphatic heterocycles. The maximum atomic E-state index is 14.4. The zero-order chi connectivity index (χ0) is 17.7. The first kappa shape index (κ1) is 18.3. The summed E-state index contributed by atoms with van der Waals surface area (Å²) in [6.45, 7) is 2.69. The number of carbonyl (C=O) groups is 2. The lowest BCUT2D eigenvalue weighted by Gasteiger charge is -2.40. The van der Waals surface area contributed by atoms with Gasteiger partial charge in [-0.15, -0.1) is 0 Å². The Hall–Kier alpha value is -2.02. The topological polar surface area (TPSA) is 66.8 Å². The van der Waals surface area contributed by atoms with E-state index in [2.05, 4.69) is 0 Å². The fraction of sp³-hybridized carbons (Fsp3) is 0.529. The normalized spacial score (nSPS) is 16.6. The van der Waals surface area contributed by atoms with Crippen molar-refractivity contribution in [3.8, 4) is 0 Å². The molecule has 1 saturated heterocycles. The quantitative estimate of drug-likeness (QED) is 0.862. The van der Waals surface area contributed by atoms with Gasteiger partial charge in [0, 0.05) is 37.9 Å². The average molecular weight is 341 g/mol. The number of carboxylic acids is 1. The molecule has 7 heteroatoms. The van der Waals surface area contributed by atoms with Crippen LogP contribution in [0.2, 0.25) is 0 Å². The zero-order valence-electron chi connectivity index (χ0n) is 13.6. The second kappa shape index (κ2) is 7.70. The smallest absolute Gasteiger partial charge is 0.305 e. The Balaban J connectivity index is 2.39. The molecule has 0 aliphatic carbocycles. The van der Waals surface area contributed by atoms with Gasteiger partial charge in [-0.3, -0.25) is 9.59 Å². The van der Waals surface area contributed by atoms with Crippen LogP contribution in [-0.2, 0) is 19.7 Å². The van der Waals surface area contributed by atoms with Crippen molar-refractivity contribution in [1.82, 2.24) is 4.90 Å². The van der Waals surface area contributed by atoms with Gasteiger partial charge in [0.05, 0.1) is 11.8 Å². The molecule has 1 amide bonds. The molecular formula is C17H21F2NO4. The van der Waals surface area contributed by atoms with E-state index in [-0.39, 0.29) is 37.3 Å². The third kappa shape index (κ3) is 3.72. The van der Waals surface area contributed by atoms with Crippen LogP contribution in [0.1, 0.15) is 31.7 Å². The molecule has 0 bridgehead atoms. The van der Waals surface area contributed by atoms with Crippen molar-refractivity contribution in [2.45, 2.75) is 31.6 Å². The Bertz CT molecular complexity index is 615. The van der Waals surface area contributed by atoms with Crippen LogP contribution in [0.3, 0.4) is 0 Å². The second-order valence-corrected chi connectivity index (χ2v) is 5.85. The van der Waals surface area contributed by atoms with Crippen LogP contribution in [0.25, 0.3) is 0 Å². The largest absolute Gasteiger partial charge is 0.481 e. The van der Waals surface area contributed by atoms with Gasteiger partial charge in [0.25, 0.3) is 0 Å². The number of benzene rings is 1. The van der Waals surface area contributed by atoms with Gasteiger partial charge in [-0.05, 0) is 25.8 Å². The molecule has 1 heterocycles. The van der Waals surface area contributed by atoms with Gasteiger partial charge < -0.3 is 14.7 Å². The Labute approximate surface area is 139 Å². The molecule has 1 N–H and O–H groups in total. The third-order valence-electron chi connectivity index (χ3n) is 4.47. The summed E-state index contributed by atoms with van der Waals surface area (Å²) in [7, 11) is 0. The van der Waals surface area contributed by atoms with E-state index in [1.807, 2.05) is 0 Å². The molecule has 2 rings (SSSR count). The number of ether oxygens (including phenoxy) is 1. The summed E-state index contributed by atoms with van der Waals surface area (Å²) in [6, 6.07) is 3.21. The van der Waals surface area contributed by atoms with E-state index in [9.17, 15) is 18.4 Å². The predicted molar refractivity (Wildman–Crippen MR) is 82.6 cm³/mol. The van der Waals surface area contributed by atoms with Crippen LogP contribution in [0.4, 0.5) is 8.78 Å². The van der Waals surface area contributed by atoms with E-state index in [0.717, 1.165) is 12.1 Å². The van der Waals surface area contributed by atoms with Crippen molar-refractivity contribution in [3.05, 3.63) is 35.4 Å². The number of amides is 1. The van der Waals surface area contributed by atoms with Gasteiger partial charge in [-0.1, -0.05) is 6.07 Å². The lowest BCUT2D eigenvalue weighted by molar-refractivity contribution is -0.143. The summed E-state index contributed by atoms with van der Waals surface area (Å²) in [6.07, 6.45) is 0.369. The number of likely N-dealkylation sites (N-methyl/N-ethyl adjacent to an activating group) is 1. The van der Waals surface area contributed by atoms with Crippen molar-refractivity contribution in [1.29, 1.82) is 0 Å². The maximum absolute atomic E-state index is 14.4. The molecule has 1 aromatic rings. The van der Waals surface area contributed by atoms with Crippen LogP contribution < -0.4 is 0 Å². The first-order chi connectivity index (χ1) is 11.4. The van der Waals surface area contributed by atoms with Crippen LogP contribution in [0.15, 0.2) is 18.2 Å². The molecule has 24 heavy (non-hydrogen) atoms. The fourth-order valence-corrected chi connectivity index (χ4v) is 3.13. The van der Waals surface area contributed by atoms with E-state index in [4.69, 9.17) is 9.84 Å². The molecular weight excluding hydrogens is 320 g/mol. The van der Waals surface area contributed by atoms with Gasteiger partial charge in [0.15, 0.2) is 0 Å². The second-order valence-electron chi connectivity index (χ2n) is 5.85. The number of aliphatic carboxylic acids is 1. The summed E-state index contributed by atoms with van der Waals surface area (Å²) < 4.78 is 32.9. The van der Waals surface area contributed by atoms with Crippen LogP contribution in [-0.4, -0.2) is 48.2 Å². The van der Waals surface area contributed by atoms with E-state index < -0.39 is 23.0 Å². The summed E-state index contributed by atoms with van der Waals surface area (Å²) >= 11 is 0. The van der Waals surface area contributed by atoms with Crippen molar-refractivity contribution in [2.24, 2.45) is 0 Å². The van der Waals surface area contributed by atoms with E-state index in [1.165, 1.54) is 11.0 Å². The van der Waals surface area contributed by atoms with Crippen LogP contribution in [0, 0.1) is 11.6 Å². The van der Waals surface area contributed by atoms with Crippen LogP contribution >= 0.6 is 0 Å². The van der Waals surface area contributed by atoms with E-state index in [0.29, 0.717) is 19.8 Å². The minimum atomic E-state index is -1.15. The minimum Gasteiger partial charge on any atom is -0.481 e. The number of hydrogen-bond acceptors (Lipinski definition) is 3. The predicted octanol–water partition coefficient (Wildman–Crippen LogP) is 2.34. The standard InChI is InChI=1S/C17H21F2NO4/c1-2-20(8-5-15(21)22)16(23)17(6-9-24-10-7-17)13-4-3-12(18)11-14(13)19/h3-4,11H,2,5-10H2,1H3,(H,21,22). The summed E-state index contributed by atoms with van der Waals surface area (Å²) in [5.74, 6) is -2.81. The summed E-state index contributed by atoms with van der Waals surface area (Å²) in [4.78, 5) is 25.3. The molecule has 132 valence electrons. The molecule has 0 saturated carbocycles. The zero-order valence-corrected chi connectivity index (χ0v) is 13.6. The van der Waals surface area contributed by atoms with Gasteiger partial charge in [-0.25, -0.2) is 8.78 Å². The summed E-state index contributed by atoms with van der Waals surface area (Å²) in [5.41, 5.74) is -1.00. The van der Waals surface area contributed by atoms with E-state index in [1.54, 1.807) is 6.92 Å². The summed E-state index contributed by atoms with van der Waals surface area (Å²) in [5, 5.41) is 8.85. The first-order valence-electron chi connectivity index (χ1n) is 7.95. The highest BCUT2D eigenvalue weighted by Gasteiger charge is 2.45. The Kier molecular flexibility index (Phi) is 5.88. The van der Waals surface area contributed by atoms with Crippen molar-refractivity contribution in [3.63, 3.8) is 0 Å². The lowest BCUT2D eigenvalue weighted by atomic mass is 9.72. The minimum absolute atomic E-state index is 0.0517. The SMILES string of the molecule is CCN(CCC(=O)O)C(=O)C1(c2ccc(F)cc2F)CCOCC1. The number of hydrogen-bond donors (Lipinski definition) is 1. The van der Waals surface area contributed by atoms with Gasteiger partial charge >= 0.3 is 5.97 Å². The van der Waals surface area contributed by atoms with Crippen LogP contribution in [0.5, 0.6) is 0 Å². The number of carbonyl (C=O) groups excluding carboxylic acids is 1. The highest BCUT2D eigenvalue weighted by molar-refractivity contribution is 5.89. The Morgan fingerprint density at radius 2 is 1.96 bits per heavy atom. The number of rotatable bonds is 6. The molecule has 1 fully saturated rings. The average Bonchev–Trinajstić information content (AvgIpc) is 2.55.